The predicted molar refractivity (Wildman–Crippen MR) is 144 cm³/mol. The summed E-state index contributed by atoms with van der Waals surface area (Å²) in [7, 11) is 0. The number of aliphatic carboxylic acids is 1. The highest BCUT2D eigenvalue weighted by atomic mass is 19.4. The first-order valence-corrected chi connectivity index (χ1v) is 13.0. The van der Waals surface area contributed by atoms with Gasteiger partial charge >= 0.3 is 12.1 Å². The SMILES string of the molecule is CCOc1cc(C(=O)Nc2cc(C(F)(F)F)ccn2)ccc1-c1nc([C@@H]2CCC[C@H](C(=O)O)C2)n2ccnc(N)c12. The molecule has 41 heavy (non-hydrogen) atoms. The number of anilines is 2. The molecule has 3 aromatic heterocycles. The van der Waals surface area contributed by atoms with Crippen molar-refractivity contribution in [2.75, 3.05) is 17.7 Å². The molecule has 214 valence electrons. The topological polar surface area (TPSA) is 145 Å². The van der Waals surface area contributed by atoms with Crippen molar-refractivity contribution in [1.82, 2.24) is 19.4 Å². The maximum Gasteiger partial charge on any atom is 0.416 e. The number of ether oxygens (including phenoxy) is 1. The van der Waals surface area contributed by atoms with Crippen molar-refractivity contribution < 1.29 is 32.6 Å². The lowest BCUT2D eigenvalue weighted by molar-refractivity contribution is -0.143. The van der Waals surface area contributed by atoms with Crippen LogP contribution in [-0.4, -0.2) is 42.9 Å². The van der Waals surface area contributed by atoms with Crippen LogP contribution in [0, 0.1) is 5.92 Å². The molecule has 0 saturated heterocycles. The number of rotatable bonds is 7. The molecule has 2 atom stereocenters. The van der Waals surface area contributed by atoms with Gasteiger partial charge in [0.05, 0.1) is 18.1 Å². The summed E-state index contributed by atoms with van der Waals surface area (Å²) in [4.78, 5) is 37.6. The molecule has 0 bridgehead atoms. The molecule has 4 N–H and O–H groups in total. The van der Waals surface area contributed by atoms with Gasteiger partial charge < -0.3 is 20.9 Å². The van der Waals surface area contributed by atoms with Crippen LogP contribution in [-0.2, 0) is 11.0 Å². The molecule has 0 unspecified atom stereocenters. The molecule has 0 radical (unpaired) electrons. The lowest BCUT2D eigenvalue weighted by Gasteiger charge is -2.25. The van der Waals surface area contributed by atoms with Crippen molar-refractivity contribution >= 4 is 29.0 Å². The number of fused-ring (bicyclic) bond motifs is 1. The molecule has 0 spiro atoms. The van der Waals surface area contributed by atoms with Crippen molar-refractivity contribution in [3.8, 4) is 17.0 Å². The number of carbonyl (C=O) groups is 2. The Morgan fingerprint density at radius 3 is 2.71 bits per heavy atom. The molecule has 3 heterocycles. The van der Waals surface area contributed by atoms with E-state index in [1.807, 2.05) is 4.40 Å². The number of nitrogen functional groups attached to an aromatic ring is 1. The summed E-state index contributed by atoms with van der Waals surface area (Å²) in [5.41, 5.74) is 6.98. The number of hydrogen-bond acceptors (Lipinski definition) is 7. The number of nitrogens with zero attached hydrogens (tertiary/aromatic N) is 4. The number of halogens is 3. The third kappa shape index (κ3) is 5.65. The number of benzene rings is 1. The molecule has 13 heteroatoms. The molecule has 1 aromatic carbocycles. The van der Waals surface area contributed by atoms with E-state index in [0.717, 1.165) is 31.2 Å². The Morgan fingerprint density at radius 1 is 1.17 bits per heavy atom. The third-order valence-corrected chi connectivity index (χ3v) is 7.13. The number of carboxylic acid groups (broad SMARTS) is 1. The summed E-state index contributed by atoms with van der Waals surface area (Å²) in [6.07, 6.45) is 2.24. The Bertz CT molecular complexity index is 1620. The van der Waals surface area contributed by atoms with Gasteiger partial charge in [-0.05, 0) is 56.5 Å². The fraction of sp³-hybridized carbons (Fsp3) is 0.321. The zero-order chi connectivity index (χ0) is 29.3. The lowest BCUT2D eigenvalue weighted by Crippen LogP contribution is -2.22. The normalized spacial score (nSPS) is 17.4. The number of nitrogens with one attached hydrogen (secondary N) is 1. The quantitative estimate of drug-likeness (QED) is 0.269. The standard InChI is InChI=1S/C28H27F3N6O4/c1-2-41-20-13-16(26(38)35-21-14-18(8-9-33-21)28(29,30)31)6-7-19(20)22-23-24(32)34-10-11-37(23)25(36-22)15-4-3-5-17(12-15)27(39)40/h6-11,13-15,17H,2-5,12H2,1H3,(H2,32,34)(H,39,40)(H,33,35,38)/t15-,17+/m1/s1. The van der Waals surface area contributed by atoms with Crippen molar-refractivity contribution in [2.45, 2.75) is 44.7 Å². The number of pyridine rings is 1. The van der Waals surface area contributed by atoms with Crippen LogP contribution in [0.15, 0.2) is 48.9 Å². The van der Waals surface area contributed by atoms with Gasteiger partial charge in [-0.1, -0.05) is 6.42 Å². The molecule has 1 amide bonds. The van der Waals surface area contributed by atoms with E-state index >= 15 is 0 Å². The Morgan fingerprint density at radius 2 is 1.98 bits per heavy atom. The van der Waals surface area contributed by atoms with E-state index in [1.165, 1.54) is 12.1 Å². The minimum atomic E-state index is -4.58. The van der Waals surface area contributed by atoms with E-state index in [-0.39, 0.29) is 29.7 Å². The number of hydrogen-bond donors (Lipinski definition) is 3. The first kappa shape index (κ1) is 27.9. The highest BCUT2D eigenvalue weighted by Crippen LogP contribution is 2.41. The zero-order valence-corrected chi connectivity index (χ0v) is 22.0. The number of amides is 1. The van der Waals surface area contributed by atoms with Crippen molar-refractivity contribution in [3.05, 3.63) is 65.9 Å². The predicted octanol–water partition coefficient (Wildman–Crippen LogP) is 5.40. The number of aromatic nitrogens is 4. The van der Waals surface area contributed by atoms with Crippen LogP contribution in [0.25, 0.3) is 16.8 Å². The number of nitrogens with two attached hydrogens (primary N) is 1. The van der Waals surface area contributed by atoms with Gasteiger partial charge in [0.2, 0.25) is 0 Å². The van der Waals surface area contributed by atoms with E-state index in [2.05, 4.69) is 15.3 Å². The van der Waals surface area contributed by atoms with E-state index in [1.54, 1.807) is 25.4 Å². The Kier molecular flexibility index (Phi) is 7.52. The highest BCUT2D eigenvalue weighted by molar-refractivity contribution is 6.04. The number of alkyl halides is 3. The highest BCUT2D eigenvalue weighted by Gasteiger charge is 2.33. The fourth-order valence-corrected chi connectivity index (χ4v) is 5.21. The van der Waals surface area contributed by atoms with Crippen molar-refractivity contribution in [2.24, 2.45) is 5.92 Å². The summed E-state index contributed by atoms with van der Waals surface area (Å²) in [5, 5.41) is 12.0. The fourth-order valence-electron chi connectivity index (χ4n) is 5.21. The molecular formula is C28H27F3N6O4. The number of carbonyl (C=O) groups excluding carboxylic acids is 1. The van der Waals surface area contributed by atoms with Crippen LogP contribution < -0.4 is 15.8 Å². The lowest BCUT2D eigenvalue weighted by atomic mass is 9.81. The van der Waals surface area contributed by atoms with Crippen LogP contribution in [0.5, 0.6) is 5.75 Å². The Labute approximate surface area is 232 Å². The zero-order valence-electron chi connectivity index (χ0n) is 22.0. The van der Waals surface area contributed by atoms with Gasteiger partial charge in [0, 0.05) is 35.6 Å². The Balaban J connectivity index is 1.53. The summed E-state index contributed by atoms with van der Waals surface area (Å²) in [5.74, 6) is -1.16. The molecule has 1 aliphatic carbocycles. The van der Waals surface area contributed by atoms with Gasteiger partial charge in [-0.25, -0.2) is 15.0 Å². The minimum absolute atomic E-state index is 0.117. The van der Waals surface area contributed by atoms with Gasteiger partial charge in [-0.3, -0.25) is 14.0 Å². The van der Waals surface area contributed by atoms with Crippen LogP contribution >= 0.6 is 0 Å². The maximum absolute atomic E-state index is 13.1. The van der Waals surface area contributed by atoms with Crippen molar-refractivity contribution in [3.63, 3.8) is 0 Å². The van der Waals surface area contributed by atoms with Crippen LogP contribution in [0.3, 0.4) is 0 Å². The average molecular weight is 569 g/mol. The second kappa shape index (κ2) is 11.1. The summed E-state index contributed by atoms with van der Waals surface area (Å²) < 4.78 is 46.9. The summed E-state index contributed by atoms with van der Waals surface area (Å²) >= 11 is 0. The van der Waals surface area contributed by atoms with Gasteiger partial charge in [0.15, 0.2) is 0 Å². The number of carboxylic acids is 1. The van der Waals surface area contributed by atoms with E-state index in [4.69, 9.17) is 15.5 Å². The van der Waals surface area contributed by atoms with E-state index in [9.17, 15) is 27.9 Å². The monoisotopic (exact) mass is 568 g/mol. The van der Waals surface area contributed by atoms with Gasteiger partial charge in [0.25, 0.3) is 5.91 Å². The van der Waals surface area contributed by atoms with Crippen LogP contribution in [0.1, 0.15) is 60.3 Å². The van der Waals surface area contributed by atoms with Gasteiger partial charge in [-0.15, -0.1) is 0 Å². The summed E-state index contributed by atoms with van der Waals surface area (Å²) in [6, 6.07) is 6.17. The molecule has 5 rings (SSSR count). The van der Waals surface area contributed by atoms with Crippen LogP contribution in [0.4, 0.5) is 24.8 Å². The molecule has 10 nitrogen and oxygen atoms in total. The van der Waals surface area contributed by atoms with Gasteiger partial charge in [0.1, 0.15) is 34.4 Å². The molecule has 0 aliphatic heterocycles. The second-order valence-electron chi connectivity index (χ2n) is 9.77. The number of imidazole rings is 1. The smallest absolute Gasteiger partial charge is 0.416 e. The molecule has 1 saturated carbocycles. The molecule has 1 aliphatic rings. The first-order chi connectivity index (χ1) is 19.6. The second-order valence-corrected chi connectivity index (χ2v) is 9.77. The largest absolute Gasteiger partial charge is 0.493 e. The average Bonchev–Trinajstić information content (AvgIpc) is 3.34. The maximum atomic E-state index is 13.1. The van der Waals surface area contributed by atoms with Gasteiger partial charge in [-0.2, -0.15) is 13.2 Å². The summed E-state index contributed by atoms with van der Waals surface area (Å²) in [6.45, 7) is 2.02. The Hall–Kier alpha value is -4.68. The van der Waals surface area contributed by atoms with E-state index in [0.29, 0.717) is 41.2 Å². The minimum Gasteiger partial charge on any atom is -0.493 e. The molecule has 4 aromatic rings. The van der Waals surface area contributed by atoms with Crippen molar-refractivity contribution in [1.29, 1.82) is 0 Å². The van der Waals surface area contributed by atoms with E-state index < -0.39 is 29.5 Å². The molecule has 1 fully saturated rings. The third-order valence-electron chi connectivity index (χ3n) is 7.13. The first-order valence-electron chi connectivity index (χ1n) is 13.0. The van der Waals surface area contributed by atoms with Crippen LogP contribution in [0.2, 0.25) is 0 Å². The molecular weight excluding hydrogens is 541 g/mol.